The molecule has 16 heavy (non-hydrogen) atoms. The van der Waals surface area contributed by atoms with Crippen LogP contribution in [0.1, 0.15) is 38.5 Å². The number of hydrogen-bond acceptors (Lipinski definition) is 1. The molecular weight excluding hydrogens is 229 g/mol. The molecule has 0 amide bonds. The van der Waals surface area contributed by atoms with Crippen LogP contribution in [0.3, 0.4) is 0 Å². The van der Waals surface area contributed by atoms with Crippen molar-refractivity contribution in [3.05, 3.63) is 0 Å². The van der Waals surface area contributed by atoms with Gasteiger partial charge in [-0.2, -0.15) is 22.0 Å². The first-order valence-electron chi connectivity index (χ1n) is 5.37. The standard InChI is InChI=1S/C10H16F5N/c11-9(12,10(13,14)15)6-8(7-16)4-2-1-3-5-8/h1-7,16H2. The molecule has 0 saturated heterocycles. The average molecular weight is 245 g/mol. The van der Waals surface area contributed by atoms with E-state index in [-0.39, 0.29) is 6.54 Å². The first-order valence-corrected chi connectivity index (χ1v) is 5.37. The zero-order valence-electron chi connectivity index (χ0n) is 8.92. The van der Waals surface area contributed by atoms with Crippen LogP contribution >= 0.6 is 0 Å². The van der Waals surface area contributed by atoms with Crippen molar-refractivity contribution in [3.63, 3.8) is 0 Å². The largest absolute Gasteiger partial charge is 0.453 e. The molecule has 0 unspecified atom stereocenters. The van der Waals surface area contributed by atoms with Crippen LogP contribution in [0.4, 0.5) is 22.0 Å². The molecule has 0 radical (unpaired) electrons. The Labute approximate surface area is 91.2 Å². The summed E-state index contributed by atoms with van der Waals surface area (Å²) in [6, 6.07) is 0. The minimum Gasteiger partial charge on any atom is -0.330 e. The molecule has 0 atom stereocenters. The molecule has 0 heterocycles. The van der Waals surface area contributed by atoms with Crippen molar-refractivity contribution < 1.29 is 22.0 Å². The van der Waals surface area contributed by atoms with Gasteiger partial charge in [0.25, 0.3) is 0 Å². The fourth-order valence-electron chi connectivity index (χ4n) is 2.33. The van der Waals surface area contributed by atoms with Crippen LogP contribution < -0.4 is 5.73 Å². The van der Waals surface area contributed by atoms with Gasteiger partial charge in [0.15, 0.2) is 0 Å². The summed E-state index contributed by atoms with van der Waals surface area (Å²) in [4.78, 5) is 0. The Hall–Kier alpha value is -0.390. The maximum atomic E-state index is 13.0. The summed E-state index contributed by atoms with van der Waals surface area (Å²) < 4.78 is 62.2. The molecule has 0 aromatic rings. The van der Waals surface area contributed by atoms with Gasteiger partial charge in [0, 0.05) is 6.42 Å². The molecule has 0 aliphatic heterocycles. The summed E-state index contributed by atoms with van der Waals surface area (Å²) in [5, 5.41) is 0. The van der Waals surface area contributed by atoms with Crippen LogP contribution in [-0.4, -0.2) is 18.6 Å². The maximum absolute atomic E-state index is 13.0. The third kappa shape index (κ3) is 2.84. The summed E-state index contributed by atoms with van der Waals surface area (Å²) in [5.74, 6) is -4.62. The first-order chi connectivity index (χ1) is 7.22. The summed E-state index contributed by atoms with van der Waals surface area (Å²) >= 11 is 0. The van der Waals surface area contributed by atoms with E-state index in [1.807, 2.05) is 0 Å². The van der Waals surface area contributed by atoms with Crippen molar-refractivity contribution in [1.82, 2.24) is 0 Å². The summed E-state index contributed by atoms with van der Waals surface area (Å²) in [7, 11) is 0. The molecule has 0 bridgehead atoms. The second-order valence-corrected chi connectivity index (χ2v) is 4.64. The lowest BCUT2D eigenvalue weighted by Gasteiger charge is -2.39. The van der Waals surface area contributed by atoms with Gasteiger partial charge in [-0.3, -0.25) is 0 Å². The van der Waals surface area contributed by atoms with Gasteiger partial charge in [0.1, 0.15) is 0 Å². The van der Waals surface area contributed by atoms with Gasteiger partial charge in [-0.05, 0) is 24.8 Å². The van der Waals surface area contributed by atoms with E-state index in [1.165, 1.54) is 0 Å². The van der Waals surface area contributed by atoms with E-state index in [0.29, 0.717) is 25.7 Å². The third-order valence-electron chi connectivity index (χ3n) is 3.36. The van der Waals surface area contributed by atoms with Crippen molar-refractivity contribution >= 4 is 0 Å². The molecule has 0 aromatic carbocycles. The van der Waals surface area contributed by atoms with E-state index in [1.54, 1.807) is 0 Å². The molecule has 1 fully saturated rings. The van der Waals surface area contributed by atoms with Crippen molar-refractivity contribution in [2.24, 2.45) is 11.1 Å². The quantitative estimate of drug-likeness (QED) is 0.757. The Morgan fingerprint density at radius 1 is 0.938 bits per heavy atom. The molecule has 0 aromatic heterocycles. The van der Waals surface area contributed by atoms with Gasteiger partial charge in [0.2, 0.25) is 0 Å². The normalized spacial score (nSPS) is 22.1. The van der Waals surface area contributed by atoms with Gasteiger partial charge in [-0.15, -0.1) is 0 Å². The van der Waals surface area contributed by atoms with Crippen LogP contribution in [0.25, 0.3) is 0 Å². The van der Waals surface area contributed by atoms with Gasteiger partial charge in [-0.25, -0.2) is 0 Å². The highest BCUT2D eigenvalue weighted by atomic mass is 19.4. The lowest BCUT2D eigenvalue weighted by molar-refractivity contribution is -0.293. The lowest BCUT2D eigenvalue weighted by atomic mass is 9.70. The number of hydrogen-bond donors (Lipinski definition) is 1. The first kappa shape index (κ1) is 13.7. The highest BCUT2D eigenvalue weighted by Gasteiger charge is 2.60. The minimum absolute atomic E-state index is 0.0985. The van der Waals surface area contributed by atoms with Crippen molar-refractivity contribution in [1.29, 1.82) is 0 Å². The van der Waals surface area contributed by atoms with Crippen molar-refractivity contribution in [2.75, 3.05) is 6.54 Å². The second-order valence-electron chi connectivity index (χ2n) is 4.64. The predicted octanol–water partition coefficient (Wildman–Crippen LogP) is 3.48. The number of alkyl halides is 5. The molecular formula is C10H16F5N. The Kier molecular flexibility index (Phi) is 3.82. The summed E-state index contributed by atoms with van der Waals surface area (Å²) in [6.45, 7) is -0.0985. The van der Waals surface area contributed by atoms with Crippen molar-refractivity contribution in [2.45, 2.75) is 50.6 Å². The molecule has 1 saturated carbocycles. The monoisotopic (exact) mass is 245 g/mol. The zero-order valence-corrected chi connectivity index (χ0v) is 8.92. The van der Waals surface area contributed by atoms with Crippen LogP contribution in [0.2, 0.25) is 0 Å². The summed E-state index contributed by atoms with van der Waals surface area (Å²) in [6.07, 6.45) is -3.63. The SMILES string of the molecule is NCC1(CC(F)(F)C(F)(F)F)CCCCC1. The highest BCUT2D eigenvalue weighted by molar-refractivity contribution is 4.91. The fraction of sp³-hybridized carbons (Fsp3) is 1.00. The van der Waals surface area contributed by atoms with Crippen LogP contribution in [-0.2, 0) is 0 Å². The van der Waals surface area contributed by atoms with Gasteiger partial charge in [-0.1, -0.05) is 19.3 Å². The Morgan fingerprint density at radius 2 is 1.44 bits per heavy atom. The van der Waals surface area contributed by atoms with Gasteiger partial charge in [0.05, 0.1) is 0 Å². The third-order valence-corrected chi connectivity index (χ3v) is 3.36. The van der Waals surface area contributed by atoms with Gasteiger partial charge >= 0.3 is 12.1 Å². The van der Waals surface area contributed by atoms with E-state index in [2.05, 4.69) is 0 Å². The van der Waals surface area contributed by atoms with E-state index in [0.717, 1.165) is 6.42 Å². The second kappa shape index (κ2) is 4.47. The number of nitrogens with two attached hydrogens (primary N) is 1. The van der Waals surface area contributed by atoms with E-state index in [4.69, 9.17) is 5.73 Å². The van der Waals surface area contributed by atoms with Crippen LogP contribution in [0, 0.1) is 5.41 Å². The van der Waals surface area contributed by atoms with Crippen LogP contribution in [0.5, 0.6) is 0 Å². The average Bonchev–Trinajstić information content (AvgIpc) is 2.17. The van der Waals surface area contributed by atoms with E-state index >= 15 is 0 Å². The highest BCUT2D eigenvalue weighted by Crippen LogP contribution is 2.48. The van der Waals surface area contributed by atoms with Gasteiger partial charge < -0.3 is 5.73 Å². The molecule has 1 nitrogen and oxygen atoms in total. The van der Waals surface area contributed by atoms with Crippen LogP contribution in [0.15, 0.2) is 0 Å². The summed E-state index contributed by atoms with van der Waals surface area (Å²) in [5.41, 5.74) is 4.36. The maximum Gasteiger partial charge on any atom is 0.453 e. The molecule has 1 aliphatic rings. The molecule has 6 heteroatoms. The molecule has 96 valence electrons. The van der Waals surface area contributed by atoms with E-state index in [9.17, 15) is 22.0 Å². The Balaban J connectivity index is 2.76. The minimum atomic E-state index is -5.47. The predicted molar refractivity (Wildman–Crippen MR) is 50.2 cm³/mol. The number of rotatable bonds is 3. The molecule has 1 aliphatic carbocycles. The smallest absolute Gasteiger partial charge is 0.330 e. The fourth-order valence-corrected chi connectivity index (χ4v) is 2.33. The molecule has 1 rings (SSSR count). The Bertz CT molecular complexity index is 230. The number of halogens is 5. The van der Waals surface area contributed by atoms with Crippen molar-refractivity contribution in [3.8, 4) is 0 Å². The molecule has 0 spiro atoms. The lowest BCUT2D eigenvalue weighted by Crippen LogP contribution is -2.45. The van der Waals surface area contributed by atoms with E-state index < -0.39 is 23.9 Å². The Morgan fingerprint density at radius 3 is 1.81 bits per heavy atom. The molecule has 2 N–H and O–H groups in total. The zero-order chi connectivity index (χ0) is 12.4. The topological polar surface area (TPSA) is 26.0 Å².